The normalized spacial score (nSPS) is 21.4. The molecule has 1 saturated heterocycles. The largest absolute Gasteiger partial charge is 0.356 e. The molecule has 0 radical (unpaired) electrons. The first kappa shape index (κ1) is 17.2. The maximum atomic E-state index is 11.0. The average molecular weight is 275 g/mol. The maximum Gasteiger partial charge on any atom is 0.245 e. The van der Waals surface area contributed by atoms with Crippen LogP contribution in [0.15, 0.2) is 17.5 Å². The Morgan fingerprint density at radius 3 is 2.74 bits per heavy atom. The number of nitroso groups, excluding NO2 is 1. The summed E-state index contributed by atoms with van der Waals surface area (Å²) in [6.45, 7) is 0.0857. The SMILES string of the molecule is CF.CNC(=O)/C=C\N(C=O)C1CCC(CN=O)O1. The Morgan fingerprint density at radius 2 is 2.21 bits per heavy atom. The van der Waals surface area contributed by atoms with E-state index in [2.05, 4.69) is 10.5 Å². The van der Waals surface area contributed by atoms with E-state index in [4.69, 9.17) is 4.74 Å². The van der Waals surface area contributed by atoms with Crippen molar-refractivity contribution in [3.63, 3.8) is 0 Å². The Kier molecular flexibility index (Phi) is 9.15. The van der Waals surface area contributed by atoms with E-state index in [0.29, 0.717) is 26.4 Å². The van der Waals surface area contributed by atoms with E-state index in [0.717, 1.165) is 0 Å². The lowest BCUT2D eigenvalue weighted by molar-refractivity contribution is -0.126. The number of carbonyl (C=O) groups is 2. The summed E-state index contributed by atoms with van der Waals surface area (Å²) in [7, 11) is 2.00. The van der Waals surface area contributed by atoms with Crippen LogP contribution in [-0.2, 0) is 14.3 Å². The van der Waals surface area contributed by atoms with E-state index in [-0.39, 0.29) is 18.6 Å². The molecule has 0 aromatic heterocycles. The number of amides is 2. The van der Waals surface area contributed by atoms with Crippen LogP contribution < -0.4 is 5.32 Å². The van der Waals surface area contributed by atoms with Gasteiger partial charge in [0, 0.05) is 19.3 Å². The zero-order valence-corrected chi connectivity index (χ0v) is 10.9. The number of alkyl halides is 1. The van der Waals surface area contributed by atoms with Gasteiger partial charge in [-0.1, -0.05) is 5.18 Å². The third-order valence-electron chi connectivity index (χ3n) is 2.46. The summed E-state index contributed by atoms with van der Waals surface area (Å²) in [6.07, 6.45) is 3.80. The lowest BCUT2D eigenvalue weighted by Gasteiger charge is -2.20. The topological polar surface area (TPSA) is 88.1 Å². The van der Waals surface area contributed by atoms with Crippen molar-refractivity contribution in [3.05, 3.63) is 17.2 Å². The van der Waals surface area contributed by atoms with Crippen molar-refractivity contribution in [2.45, 2.75) is 25.2 Å². The molecule has 1 aliphatic heterocycles. The highest BCUT2D eigenvalue weighted by molar-refractivity contribution is 5.87. The predicted molar refractivity (Wildman–Crippen MR) is 66.7 cm³/mol. The van der Waals surface area contributed by atoms with Crippen LogP contribution in [0.4, 0.5) is 4.39 Å². The highest BCUT2D eigenvalue weighted by Gasteiger charge is 2.28. The smallest absolute Gasteiger partial charge is 0.245 e. The molecule has 1 rings (SSSR count). The Balaban J connectivity index is 0.00000154. The summed E-state index contributed by atoms with van der Waals surface area (Å²) < 4.78 is 14.9. The van der Waals surface area contributed by atoms with Crippen molar-refractivity contribution in [3.8, 4) is 0 Å². The Labute approximate surface area is 110 Å². The first-order valence-electron chi connectivity index (χ1n) is 5.66. The molecule has 108 valence electrons. The highest BCUT2D eigenvalue weighted by atomic mass is 19.1. The summed E-state index contributed by atoms with van der Waals surface area (Å²) in [5.74, 6) is -0.305. The van der Waals surface area contributed by atoms with Crippen molar-refractivity contribution in [1.29, 1.82) is 0 Å². The van der Waals surface area contributed by atoms with E-state index in [1.54, 1.807) is 0 Å². The van der Waals surface area contributed by atoms with Gasteiger partial charge in [0.05, 0.1) is 13.3 Å². The predicted octanol–water partition coefficient (Wildman–Crippen LogP) is 0.562. The number of nitrogens with zero attached hydrogens (tertiary/aromatic N) is 2. The molecule has 1 N–H and O–H groups in total. The number of likely N-dealkylation sites (N-methyl/N-ethyl adjacent to an activating group) is 1. The second-order valence-electron chi connectivity index (χ2n) is 3.58. The van der Waals surface area contributed by atoms with Crippen LogP contribution in [0.1, 0.15) is 12.8 Å². The third-order valence-corrected chi connectivity index (χ3v) is 2.46. The standard InChI is InChI=1S/C10H15N3O4.CH3F/c1-11-9(15)4-5-13(7-14)10-3-2-8(17-10)6-12-16;1-2/h4-5,7-8,10H,2-3,6H2,1H3,(H,11,15);1H3/b5-4-;. The highest BCUT2D eigenvalue weighted by Crippen LogP contribution is 2.22. The average Bonchev–Trinajstić information content (AvgIpc) is 2.90. The van der Waals surface area contributed by atoms with Crippen molar-refractivity contribution in [2.24, 2.45) is 5.18 Å². The van der Waals surface area contributed by atoms with Crippen LogP contribution in [0, 0.1) is 4.91 Å². The molecule has 0 aliphatic carbocycles. The fraction of sp³-hybridized carbons (Fsp3) is 0.636. The molecule has 0 bridgehead atoms. The number of hydrogen-bond acceptors (Lipinski definition) is 5. The zero-order valence-electron chi connectivity index (χ0n) is 10.9. The number of nitrogens with one attached hydrogen (secondary N) is 1. The molecule has 8 heteroatoms. The second-order valence-corrected chi connectivity index (χ2v) is 3.58. The van der Waals surface area contributed by atoms with Crippen LogP contribution in [-0.4, -0.2) is 50.3 Å². The second kappa shape index (κ2) is 10.1. The van der Waals surface area contributed by atoms with E-state index < -0.39 is 6.23 Å². The molecule has 0 spiro atoms. The molecule has 19 heavy (non-hydrogen) atoms. The molecule has 1 heterocycles. The monoisotopic (exact) mass is 275 g/mol. The summed E-state index contributed by atoms with van der Waals surface area (Å²) >= 11 is 0. The van der Waals surface area contributed by atoms with Crippen LogP contribution >= 0.6 is 0 Å². The lowest BCUT2D eigenvalue weighted by Crippen LogP contribution is -2.30. The van der Waals surface area contributed by atoms with E-state index >= 15 is 0 Å². The van der Waals surface area contributed by atoms with E-state index in [1.807, 2.05) is 0 Å². The van der Waals surface area contributed by atoms with Gasteiger partial charge in [0.1, 0.15) is 12.8 Å². The number of ether oxygens (including phenoxy) is 1. The van der Waals surface area contributed by atoms with Crippen LogP contribution in [0.2, 0.25) is 0 Å². The molecular formula is C11H18FN3O4. The number of hydrogen-bond donors (Lipinski definition) is 1. The minimum absolute atomic E-state index is 0.0857. The van der Waals surface area contributed by atoms with Gasteiger partial charge >= 0.3 is 0 Å². The first-order valence-corrected chi connectivity index (χ1v) is 5.66. The molecule has 2 atom stereocenters. The molecule has 2 unspecified atom stereocenters. The fourth-order valence-electron chi connectivity index (χ4n) is 1.56. The van der Waals surface area contributed by atoms with E-state index in [1.165, 1.54) is 24.2 Å². The quantitative estimate of drug-likeness (QED) is 0.436. The Hall–Kier alpha value is -1.83. The molecule has 1 aliphatic rings. The van der Waals surface area contributed by atoms with Gasteiger partial charge in [-0.05, 0) is 12.8 Å². The van der Waals surface area contributed by atoms with Crippen LogP contribution in [0.25, 0.3) is 0 Å². The minimum Gasteiger partial charge on any atom is -0.356 e. The van der Waals surface area contributed by atoms with Crippen LogP contribution in [0.3, 0.4) is 0 Å². The minimum atomic E-state index is -0.430. The summed E-state index contributed by atoms with van der Waals surface area (Å²) in [5.41, 5.74) is 0. The van der Waals surface area contributed by atoms with Crippen molar-refractivity contribution in [2.75, 3.05) is 20.8 Å². The van der Waals surface area contributed by atoms with E-state index in [9.17, 15) is 18.9 Å². The molecule has 0 aromatic carbocycles. The van der Waals surface area contributed by atoms with Crippen molar-refractivity contribution >= 4 is 12.3 Å². The zero-order chi connectivity index (χ0) is 14.7. The van der Waals surface area contributed by atoms with Crippen molar-refractivity contribution < 1.29 is 18.7 Å². The fourth-order valence-corrected chi connectivity index (χ4v) is 1.56. The maximum absolute atomic E-state index is 11.0. The van der Waals surface area contributed by atoms with Gasteiger partial charge in [-0.25, -0.2) is 0 Å². The Morgan fingerprint density at radius 1 is 1.53 bits per heavy atom. The van der Waals surface area contributed by atoms with Crippen molar-refractivity contribution in [1.82, 2.24) is 10.2 Å². The first-order chi connectivity index (χ1) is 9.21. The molecule has 0 saturated carbocycles. The van der Waals surface area contributed by atoms with Gasteiger partial charge in [0.2, 0.25) is 12.3 Å². The van der Waals surface area contributed by atoms with Gasteiger partial charge in [-0.2, -0.15) is 4.91 Å². The molecule has 7 nitrogen and oxygen atoms in total. The number of carbonyl (C=O) groups excluding carboxylic acids is 2. The molecule has 0 aromatic rings. The van der Waals surface area contributed by atoms with Gasteiger partial charge in [0.25, 0.3) is 0 Å². The third kappa shape index (κ3) is 6.05. The van der Waals surface area contributed by atoms with Gasteiger partial charge in [-0.3, -0.25) is 18.9 Å². The summed E-state index contributed by atoms with van der Waals surface area (Å²) in [5, 5.41) is 5.16. The number of rotatable bonds is 6. The molecule has 1 fully saturated rings. The van der Waals surface area contributed by atoms with Crippen LogP contribution in [0.5, 0.6) is 0 Å². The lowest BCUT2D eigenvalue weighted by atomic mass is 10.2. The summed E-state index contributed by atoms with van der Waals surface area (Å²) in [4.78, 5) is 33.2. The van der Waals surface area contributed by atoms with Gasteiger partial charge in [-0.15, -0.1) is 0 Å². The Bertz CT molecular complexity index is 325. The molecular weight excluding hydrogens is 257 g/mol. The number of halogens is 1. The molecule has 2 amide bonds. The summed E-state index contributed by atoms with van der Waals surface area (Å²) in [6, 6.07) is 0. The van der Waals surface area contributed by atoms with Gasteiger partial charge in [0.15, 0.2) is 0 Å². The van der Waals surface area contributed by atoms with Gasteiger partial charge < -0.3 is 10.1 Å².